The summed E-state index contributed by atoms with van der Waals surface area (Å²) in [6.07, 6.45) is 0. The van der Waals surface area contributed by atoms with Crippen LogP contribution in [0.2, 0.25) is 5.02 Å². The summed E-state index contributed by atoms with van der Waals surface area (Å²) in [5, 5.41) is 1.34. The van der Waals surface area contributed by atoms with E-state index in [-0.39, 0.29) is 5.88 Å². The van der Waals surface area contributed by atoms with E-state index in [1.54, 1.807) is 12.1 Å². The van der Waals surface area contributed by atoms with Gasteiger partial charge in [0.2, 0.25) is 0 Å². The fourth-order valence-electron chi connectivity index (χ4n) is 1.96. The Labute approximate surface area is 109 Å². The summed E-state index contributed by atoms with van der Waals surface area (Å²) in [4.78, 5) is 11.8. The van der Waals surface area contributed by atoms with Crippen molar-refractivity contribution < 1.29 is 9.53 Å². The number of benzene rings is 1. The molecule has 0 radical (unpaired) electrons. The lowest BCUT2D eigenvalue weighted by Crippen LogP contribution is -2.05. The maximum absolute atomic E-state index is 11.8. The van der Waals surface area contributed by atoms with Gasteiger partial charge in [0.05, 0.1) is 18.6 Å². The molecule has 2 aromatic rings. The van der Waals surface area contributed by atoms with E-state index in [9.17, 15) is 4.79 Å². The molecule has 0 aliphatic carbocycles. The molecule has 3 nitrogen and oxygen atoms in total. The molecule has 0 unspecified atom stereocenters. The molecule has 0 fully saturated rings. The number of alkyl halides is 1. The maximum atomic E-state index is 11.8. The highest BCUT2D eigenvalue weighted by molar-refractivity contribution is 6.31. The van der Waals surface area contributed by atoms with Gasteiger partial charge in [0, 0.05) is 28.7 Å². The number of esters is 1. The van der Waals surface area contributed by atoms with Crippen molar-refractivity contribution in [2.24, 2.45) is 7.05 Å². The number of methoxy groups -OCH3 is 1. The van der Waals surface area contributed by atoms with Crippen LogP contribution in [0.5, 0.6) is 0 Å². The summed E-state index contributed by atoms with van der Waals surface area (Å²) < 4.78 is 6.67. The average molecular weight is 272 g/mol. The zero-order valence-corrected chi connectivity index (χ0v) is 11.0. The van der Waals surface area contributed by atoms with Crippen LogP contribution in [0.4, 0.5) is 0 Å². The van der Waals surface area contributed by atoms with E-state index in [1.807, 2.05) is 17.7 Å². The van der Waals surface area contributed by atoms with Crippen LogP contribution < -0.4 is 0 Å². The number of carbonyl (C=O) groups is 1. The van der Waals surface area contributed by atoms with Crippen molar-refractivity contribution >= 4 is 40.1 Å². The molecule has 90 valence electrons. The van der Waals surface area contributed by atoms with Crippen LogP contribution in [0.1, 0.15) is 16.1 Å². The summed E-state index contributed by atoms with van der Waals surface area (Å²) in [5.74, 6) is -0.152. The lowest BCUT2D eigenvalue weighted by molar-refractivity contribution is 0.0602. The number of aromatic nitrogens is 1. The number of rotatable bonds is 2. The summed E-state index contributed by atoms with van der Waals surface area (Å²) in [7, 11) is 3.21. The Morgan fingerprint density at radius 2 is 2.18 bits per heavy atom. The molecule has 0 amide bonds. The van der Waals surface area contributed by atoms with E-state index in [0.29, 0.717) is 10.6 Å². The van der Waals surface area contributed by atoms with E-state index in [4.69, 9.17) is 27.9 Å². The molecule has 0 atom stereocenters. The van der Waals surface area contributed by atoms with Gasteiger partial charge in [-0.1, -0.05) is 11.6 Å². The quantitative estimate of drug-likeness (QED) is 0.620. The number of hydrogen-bond acceptors (Lipinski definition) is 2. The predicted octanol–water partition coefficient (Wildman–Crippen LogP) is 3.36. The van der Waals surface area contributed by atoms with E-state index >= 15 is 0 Å². The van der Waals surface area contributed by atoms with Crippen molar-refractivity contribution in [1.82, 2.24) is 4.57 Å². The van der Waals surface area contributed by atoms with Crippen molar-refractivity contribution in [3.63, 3.8) is 0 Å². The highest BCUT2D eigenvalue weighted by Crippen LogP contribution is 2.29. The Morgan fingerprint density at radius 3 is 2.76 bits per heavy atom. The van der Waals surface area contributed by atoms with Gasteiger partial charge in [0.15, 0.2) is 0 Å². The molecule has 0 saturated carbocycles. The van der Waals surface area contributed by atoms with Crippen LogP contribution in [-0.4, -0.2) is 17.6 Å². The smallest absolute Gasteiger partial charge is 0.340 e. The van der Waals surface area contributed by atoms with Gasteiger partial charge in [-0.05, 0) is 18.2 Å². The van der Waals surface area contributed by atoms with Gasteiger partial charge < -0.3 is 9.30 Å². The third-order valence-corrected chi connectivity index (χ3v) is 3.29. The normalized spacial score (nSPS) is 10.8. The maximum Gasteiger partial charge on any atom is 0.340 e. The molecule has 0 N–H and O–H groups in total. The van der Waals surface area contributed by atoms with E-state index in [1.165, 1.54) is 7.11 Å². The molecule has 2 rings (SSSR count). The van der Waals surface area contributed by atoms with E-state index in [0.717, 1.165) is 16.6 Å². The number of ether oxygens (including phenoxy) is 1. The summed E-state index contributed by atoms with van der Waals surface area (Å²) >= 11 is 11.8. The molecule has 0 aliphatic rings. The number of nitrogens with zero attached hydrogens (tertiary/aromatic N) is 1. The molecule has 1 heterocycles. The Morgan fingerprint density at radius 1 is 1.47 bits per heavy atom. The average Bonchev–Trinajstić information content (AvgIpc) is 2.60. The molecule has 0 saturated heterocycles. The van der Waals surface area contributed by atoms with Crippen LogP contribution in [0.25, 0.3) is 10.9 Å². The first-order valence-corrected chi connectivity index (χ1v) is 5.92. The first-order chi connectivity index (χ1) is 8.10. The van der Waals surface area contributed by atoms with Crippen LogP contribution in [-0.2, 0) is 17.7 Å². The monoisotopic (exact) mass is 271 g/mol. The van der Waals surface area contributed by atoms with E-state index in [2.05, 4.69) is 0 Å². The van der Waals surface area contributed by atoms with Gasteiger partial charge in [0.1, 0.15) is 0 Å². The zero-order valence-electron chi connectivity index (χ0n) is 9.46. The van der Waals surface area contributed by atoms with Crippen LogP contribution in [0, 0.1) is 0 Å². The number of hydrogen-bond donors (Lipinski definition) is 0. The molecule has 17 heavy (non-hydrogen) atoms. The second kappa shape index (κ2) is 4.59. The summed E-state index contributed by atoms with van der Waals surface area (Å²) in [6.45, 7) is 0. The first kappa shape index (κ1) is 12.3. The predicted molar refractivity (Wildman–Crippen MR) is 68.8 cm³/mol. The Bertz CT molecular complexity index is 590. The largest absolute Gasteiger partial charge is 0.465 e. The van der Waals surface area contributed by atoms with Crippen molar-refractivity contribution in [2.45, 2.75) is 5.88 Å². The number of carbonyl (C=O) groups excluding carboxylic acids is 1. The van der Waals surface area contributed by atoms with Crippen molar-refractivity contribution in [3.8, 4) is 0 Å². The Balaban J connectivity index is 2.86. The SMILES string of the molecule is COC(=O)c1c(CCl)n(C)c2ccc(Cl)cc12. The Hall–Kier alpha value is -1.19. The molecular formula is C12H11Cl2NO2. The molecule has 0 bridgehead atoms. The topological polar surface area (TPSA) is 31.2 Å². The van der Waals surface area contributed by atoms with Crippen LogP contribution in [0.3, 0.4) is 0 Å². The van der Waals surface area contributed by atoms with Gasteiger partial charge in [-0.15, -0.1) is 11.6 Å². The lowest BCUT2D eigenvalue weighted by Gasteiger charge is -2.02. The molecular weight excluding hydrogens is 261 g/mol. The van der Waals surface area contributed by atoms with Gasteiger partial charge in [-0.3, -0.25) is 0 Å². The van der Waals surface area contributed by atoms with Gasteiger partial charge >= 0.3 is 5.97 Å². The van der Waals surface area contributed by atoms with Gasteiger partial charge in [-0.25, -0.2) is 4.79 Å². The second-order valence-corrected chi connectivity index (χ2v) is 4.37. The third-order valence-electron chi connectivity index (χ3n) is 2.80. The minimum Gasteiger partial charge on any atom is -0.465 e. The van der Waals surface area contributed by atoms with Crippen LogP contribution >= 0.6 is 23.2 Å². The highest BCUT2D eigenvalue weighted by Gasteiger charge is 2.21. The molecule has 1 aromatic carbocycles. The number of aryl methyl sites for hydroxylation is 1. The minimum atomic E-state index is -0.395. The lowest BCUT2D eigenvalue weighted by atomic mass is 10.1. The van der Waals surface area contributed by atoms with Crippen molar-refractivity contribution in [2.75, 3.05) is 7.11 Å². The number of fused-ring (bicyclic) bond motifs is 1. The third kappa shape index (κ3) is 1.90. The minimum absolute atomic E-state index is 0.243. The molecule has 0 spiro atoms. The summed E-state index contributed by atoms with van der Waals surface area (Å²) in [6, 6.07) is 5.39. The second-order valence-electron chi connectivity index (χ2n) is 3.67. The van der Waals surface area contributed by atoms with Gasteiger partial charge in [-0.2, -0.15) is 0 Å². The fourth-order valence-corrected chi connectivity index (χ4v) is 2.44. The molecule has 0 aliphatic heterocycles. The fraction of sp³-hybridized carbons (Fsp3) is 0.250. The standard InChI is InChI=1S/C12H11Cl2NO2/c1-15-9-4-3-7(14)5-8(9)11(10(15)6-13)12(16)17-2/h3-5H,6H2,1-2H3. The van der Waals surface area contributed by atoms with Crippen molar-refractivity contribution in [1.29, 1.82) is 0 Å². The summed E-state index contributed by atoms with van der Waals surface area (Å²) in [5.41, 5.74) is 2.13. The van der Waals surface area contributed by atoms with Crippen molar-refractivity contribution in [3.05, 3.63) is 34.5 Å². The highest BCUT2D eigenvalue weighted by atomic mass is 35.5. The van der Waals surface area contributed by atoms with Crippen LogP contribution in [0.15, 0.2) is 18.2 Å². The molecule has 5 heteroatoms. The first-order valence-electron chi connectivity index (χ1n) is 5.01. The molecule has 1 aromatic heterocycles. The number of halogens is 2. The van der Waals surface area contributed by atoms with E-state index < -0.39 is 5.97 Å². The van der Waals surface area contributed by atoms with Gasteiger partial charge in [0.25, 0.3) is 0 Å². The Kier molecular flexibility index (Phi) is 3.31. The zero-order chi connectivity index (χ0) is 12.6.